The van der Waals surface area contributed by atoms with E-state index in [0.29, 0.717) is 0 Å². The van der Waals surface area contributed by atoms with Crippen LogP contribution in [0.2, 0.25) is 0 Å². The second-order valence-electron chi connectivity index (χ2n) is 19.2. The summed E-state index contributed by atoms with van der Waals surface area (Å²) in [4.78, 5) is 4.75. The van der Waals surface area contributed by atoms with Gasteiger partial charge in [0.05, 0.1) is 22.7 Å². The molecule has 0 amide bonds. The third-order valence-corrected chi connectivity index (χ3v) is 15.0. The fourth-order valence-corrected chi connectivity index (χ4v) is 11.8. The first kappa shape index (κ1) is 39.7. The molecule has 69 heavy (non-hydrogen) atoms. The predicted octanol–water partition coefficient (Wildman–Crippen LogP) is 12.4. The first-order valence-corrected chi connectivity index (χ1v) is 24.0. The molecule has 0 aliphatic carbocycles. The molecule has 0 saturated carbocycles. The van der Waals surface area contributed by atoms with Gasteiger partial charge in [-0.15, -0.1) is 0 Å². The zero-order chi connectivity index (χ0) is 45.8. The summed E-state index contributed by atoms with van der Waals surface area (Å²) >= 11 is 0. The van der Waals surface area contributed by atoms with Gasteiger partial charge in [-0.1, -0.05) is 176 Å². The average molecular weight is 883 g/mol. The zero-order valence-corrected chi connectivity index (χ0v) is 38.3. The Hall–Kier alpha value is -8.47. The van der Waals surface area contributed by atoms with Crippen LogP contribution in [0.25, 0.3) is 43.5 Å². The van der Waals surface area contributed by atoms with Crippen molar-refractivity contribution in [3.05, 3.63) is 242 Å². The first-order chi connectivity index (χ1) is 34.0. The summed E-state index contributed by atoms with van der Waals surface area (Å²) < 4.78 is 14.7. The van der Waals surface area contributed by atoms with Gasteiger partial charge in [-0.25, -0.2) is 0 Å². The minimum Gasteiger partial charge on any atom is -0.471 e. The van der Waals surface area contributed by atoms with Crippen molar-refractivity contribution in [2.45, 2.75) is 19.3 Å². The lowest BCUT2D eigenvalue weighted by molar-refractivity contribution is 0.632. The molecular weight excluding hydrogens is 838 g/mol. The molecule has 2 aliphatic heterocycles. The van der Waals surface area contributed by atoms with Crippen LogP contribution in [0.1, 0.15) is 25.0 Å². The monoisotopic (exact) mass is 882 g/mol. The fraction of sp³-hybridized carbons (Fsp3) is 0.0476. The van der Waals surface area contributed by atoms with E-state index in [-0.39, 0.29) is 18.8 Å². The SMILES string of the molecule is CC1(C)c2ccccc2N(c2ccc(B3c4oc5cc6ccccc6cc5c4B(c4ccc(N(c5ccccc5)c5ccccc5)cc4)c4oc5ccc6ccccc6c5c43)cc2)c2ccccc21. The lowest BCUT2D eigenvalue weighted by Crippen LogP contribution is -2.73. The number of rotatable bonds is 6. The molecule has 6 heteroatoms. The standard InChI is InChI=1S/C63H44B2N2O2/c1-63(2)52-25-13-15-27-54(52)67(55-28-16-14-26-53(55)63)49-36-32-45(33-37-49)65-60-58-50-24-12-11-17-41(50)29-38-56(58)68-62(60)64(59-51-39-42-18-9-10-19-43(42)40-57(51)69-61(59)65)44-30-34-48(35-31-44)66(46-20-5-3-6-21-46)47-22-7-4-8-23-47/h3-40H,1-2H3. The number of nitrogens with zero attached hydrogens (tertiary/aromatic N) is 2. The van der Waals surface area contributed by atoms with Gasteiger partial charge in [0.1, 0.15) is 11.2 Å². The number of para-hydroxylation sites is 4. The van der Waals surface area contributed by atoms with Crippen LogP contribution in [-0.4, -0.2) is 13.4 Å². The van der Waals surface area contributed by atoms with E-state index in [1.54, 1.807) is 0 Å². The van der Waals surface area contributed by atoms with E-state index < -0.39 is 0 Å². The highest BCUT2D eigenvalue weighted by molar-refractivity contribution is 7.12. The maximum Gasteiger partial charge on any atom is 0.290 e. The van der Waals surface area contributed by atoms with Crippen molar-refractivity contribution in [2.24, 2.45) is 0 Å². The molecule has 0 fully saturated rings. The van der Waals surface area contributed by atoms with Gasteiger partial charge in [0, 0.05) is 38.9 Å². The summed E-state index contributed by atoms with van der Waals surface area (Å²) in [7, 11) is 0. The van der Waals surface area contributed by atoms with E-state index in [1.165, 1.54) is 38.7 Å². The molecule has 0 unspecified atom stereocenters. The van der Waals surface area contributed by atoms with Gasteiger partial charge in [0.2, 0.25) is 0 Å². The molecule has 0 saturated heterocycles. The number of furan rings is 2. The number of anilines is 6. The van der Waals surface area contributed by atoms with E-state index in [9.17, 15) is 0 Å². The minimum absolute atomic E-state index is 0.143. The molecule has 0 bridgehead atoms. The smallest absolute Gasteiger partial charge is 0.290 e. The molecule has 4 nitrogen and oxygen atoms in total. The summed E-state index contributed by atoms with van der Waals surface area (Å²) in [5, 5.41) is 6.92. The van der Waals surface area contributed by atoms with Gasteiger partial charge in [-0.2, -0.15) is 0 Å². The Morgan fingerprint density at radius 1 is 0.406 bits per heavy atom. The molecule has 0 atom stereocenters. The molecule has 324 valence electrons. The average Bonchev–Trinajstić information content (AvgIpc) is 3.97. The number of hydrogen-bond donors (Lipinski definition) is 0. The minimum atomic E-state index is -0.256. The number of fused-ring (bicyclic) bond motifs is 11. The van der Waals surface area contributed by atoms with Crippen LogP contribution < -0.4 is 43.0 Å². The van der Waals surface area contributed by atoms with E-state index in [2.05, 4.69) is 254 Å². The maximum atomic E-state index is 7.38. The van der Waals surface area contributed by atoms with Gasteiger partial charge in [0.25, 0.3) is 13.4 Å². The Bertz CT molecular complexity index is 3860. The van der Waals surface area contributed by atoms with E-state index in [1.807, 2.05) is 0 Å². The highest BCUT2D eigenvalue weighted by Crippen LogP contribution is 2.51. The molecule has 14 rings (SSSR count). The second kappa shape index (κ2) is 15.3. The van der Waals surface area contributed by atoms with Crippen LogP contribution in [0.5, 0.6) is 0 Å². The van der Waals surface area contributed by atoms with Gasteiger partial charge in [-0.05, 0) is 122 Å². The molecule has 0 radical (unpaired) electrons. The highest BCUT2D eigenvalue weighted by atomic mass is 16.3. The van der Waals surface area contributed by atoms with Crippen molar-refractivity contribution < 1.29 is 8.83 Å². The third-order valence-electron chi connectivity index (χ3n) is 15.0. The van der Waals surface area contributed by atoms with E-state index >= 15 is 0 Å². The quantitative estimate of drug-likeness (QED) is 0.156. The largest absolute Gasteiger partial charge is 0.471 e. The summed E-state index contributed by atoms with van der Waals surface area (Å²) in [5.41, 5.74) is 17.5. The Kier molecular flexibility index (Phi) is 8.79. The highest BCUT2D eigenvalue weighted by Gasteiger charge is 2.47. The lowest BCUT2D eigenvalue weighted by Gasteiger charge is -2.42. The predicted molar refractivity (Wildman–Crippen MR) is 291 cm³/mol. The summed E-state index contributed by atoms with van der Waals surface area (Å²) in [6.45, 7) is 4.17. The topological polar surface area (TPSA) is 32.8 Å². The van der Waals surface area contributed by atoms with Crippen molar-refractivity contribution in [3.8, 4) is 0 Å². The maximum absolute atomic E-state index is 7.38. The molecular formula is C63H44B2N2O2. The zero-order valence-electron chi connectivity index (χ0n) is 38.3. The summed E-state index contributed by atoms with van der Waals surface area (Å²) in [6.07, 6.45) is 0. The van der Waals surface area contributed by atoms with Crippen LogP contribution in [0.15, 0.2) is 239 Å². The molecule has 0 spiro atoms. The lowest BCUT2D eigenvalue weighted by atomic mass is 9.24. The van der Waals surface area contributed by atoms with Crippen molar-refractivity contribution in [3.63, 3.8) is 0 Å². The van der Waals surface area contributed by atoms with E-state index in [0.717, 1.165) is 83.2 Å². The normalized spacial score (nSPS) is 13.7. The fourth-order valence-electron chi connectivity index (χ4n) is 11.8. The van der Waals surface area contributed by atoms with Crippen LogP contribution in [-0.2, 0) is 5.41 Å². The van der Waals surface area contributed by atoms with Crippen LogP contribution in [0.3, 0.4) is 0 Å². The number of hydrogen-bond acceptors (Lipinski definition) is 4. The Morgan fingerprint density at radius 2 is 0.899 bits per heavy atom. The van der Waals surface area contributed by atoms with Crippen molar-refractivity contribution in [1.82, 2.24) is 0 Å². The summed E-state index contributed by atoms with van der Waals surface area (Å²) in [5.74, 6) is 0. The van der Waals surface area contributed by atoms with Crippen molar-refractivity contribution in [2.75, 3.05) is 9.80 Å². The molecule has 12 aromatic rings. The van der Waals surface area contributed by atoms with Gasteiger partial charge in [-0.3, -0.25) is 0 Å². The third kappa shape index (κ3) is 6.05. The Balaban J connectivity index is 0.994. The summed E-state index contributed by atoms with van der Waals surface area (Å²) in [6, 6.07) is 83.5. The van der Waals surface area contributed by atoms with Gasteiger partial charge >= 0.3 is 0 Å². The second-order valence-corrected chi connectivity index (χ2v) is 19.2. The van der Waals surface area contributed by atoms with Crippen molar-refractivity contribution >= 4 is 124 Å². The molecule has 0 N–H and O–H groups in total. The molecule has 2 aliphatic rings. The van der Waals surface area contributed by atoms with Gasteiger partial charge < -0.3 is 18.6 Å². The Labute approximate surface area is 401 Å². The van der Waals surface area contributed by atoms with Gasteiger partial charge in [0.15, 0.2) is 0 Å². The van der Waals surface area contributed by atoms with Crippen LogP contribution in [0, 0.1) is 0 Å². The first-order valence-electron chi connectivity index (χ1n) is 24.0. The molecule has 2 aromatic heterocycles. The van der Waals surface area contributed by atoms with Crippen LogP contribution in [0.4, 0.5) is 34.1 Å². The number of benzene rings is 10. The molecule has 10 aromatic carbocycles. The van der Waals surface area contributed by atoms with Crippen molar-refractivity contribution in [1.29, 1.82) is 0 Å². The van der Waals surface area contributed by atoms with E-state index in [4.69, 9.17) is 8.83 Å². The van der Waals surface area contributed by atoms with Crippen LogP contribution >= 0.6 is 0 Å². The Morgan fingerprint density at radius 3 is 1.55 bits per heavy atom. The molecule has 4 heterocycles.